The first-order valence-electron chi connectivity index (χ1n) is 8.46. The maximum absolute atomic E-state index is 6.12. The molecule has 2 aromatic rings. The van der Waals surface area contributed by atoms with E-state index < -0.39 is 0 Å². The van der Waals surface area contributed by atoms with Crippen molar-refractivity contribution in [1.82, 2.24) is 14.9 Å². The van der Waals surface area contributed by atoms with Gasteiger partial charge in [-0.05, 0) is 30.9 Å². The monoisotopic (exact) mass is 345 g/mol. The molecule has 0 aromatic carbocycles. The van der Waals surface area contributed by atoms with Crippen molar-refractivity contribution in [3.8, 4) is 5.88 Å². The molecule has 4 heterocycles. The van der Waals surface area contributed by atoms with E-state index in [0.717, 1.165) is 44.8 Å². The van der Waals surface area contributed by atoms with E-state index in [0.29, 0.717) is 5.88 Å². The van der Waals surface area contributed by atoms with Gasteiger partial charge in [-0.1, -0.05) is 0 Å². The van der Waals surface area contributed by atoms with Crippen LogP contribution in [0.15, 0.2) is 23.8 Å². The standard InChI is InChI=1S/C18H23N3O2S/c1-13-4-6-24-16(13)10-21-11-18(12-21)7-15(3-5-22-18)23-17-9-19-8-14(2)20-17/h4,6,8-9,15H,3,5,7,10-12H2,1-2H3/t15-/m0/s1. The summed E-state index contributed by atoms with van der Waals surface area (Å²) in [5.74, 6) is 0.627. The maximum atomic E-state index is 6.12. The van der Waals surface area contributed by atoms with Gasteiger partial charge in [-0.3, -0.25) is 9.88 Å². The molecule has 1 atom stereocenters. The van der Waals surface area contributed by atoms with Gasteiger partial charge < -0.3 is 9.47 Å². The topological polar surface area (TPSA) is 47.5 Å². The molecular formula is C18H23N3O2S. The van der Waals surface area contributed by atoms with Gasteiger partial charge in [-0.2, -0.15) is 0 Å². The van der Waals surface area contributed by atoms with E-state index in [2.05, 4.69) is 33.2 Å². The molecule has 0 N–H and O–H groups in total. The smallest absolute Gasteiger partial charge is 0.232 e. The molecule has 0 radical (unpaired) electrons. The Labute approximate surface area is 146 Å². The highest BCUT2D eigenvalue weighted by molar-refractivity contribution is 7.10. The molecule has 24 heavy (non-hydrogen) atoms. The number of hydrogen-bond donors (Lipinski definition) is 0. The average Bonchev–Trinajstić information content (AvgIpc) is 2.91. The molecule has 0 amide bonds. The number of hydrogen-bond acceptors (Lipinski definition) is 6. The average molecular weight is 345 g/mol. The quantitative estimate of drug-likeness (QED) is 0.853. The molecule has 1 spiro atoms. The van der Waals surface area contributed by atoms with E-state index in [4.69, 9.17) is 9.47 Å². The van der Waals surface area contributed by atoms with E-state index >= 15 is 0 Å². The van der Waals surface area contributed by atoms with E-state index in [9.17, 15) is 0 Å². The van der Waals surface area contributed by atoms with E-state index in [-0.39, 0.29) is 11.7 Å². The zero-order chi connectivity index (χ0) is 16.6. The molecule has 0 unspecified atom stereocenters. The third-order valence-electron chi connectivity index (χ3n) is 4.83. The van der Waals surface area contributed by atoms with Crippen LogP contribution in [-0.4, -0.2) is 46.3 Å². The maximum Gasteiger partial charge on any atom is 0.232 e. The molecule has 0 bridgehead atoms. The second-order valence-corrected chi connectivity index (χ2v) is 7.94. The number of thiophene rings is 1. The summed E-state index contributed by atoms with van der Waals surface area (Å²) in [6, 6.07) is 2.19. The lowest BCUT2D eigenvalue weighted by molar-refractivity contribution is -0.188. The Hall–Kier alpha value is -1.50. The van der Waals surface area contributed by atoms with E-state index in [1.807, 2.05) is 18.3 Å². The van der Waals surface area contributed by atoms with Crippen molar-refractivity contribution in [3.63, 3.8) is 0 Å². The van der Waals surface area contributed by atoms with Crippen molar-refractivity contribution in [3.05, 3.63) is 40.0 Å². The summed E-state index contributed by atoms with van der Waals surface area (Å²) >= 11 is 1.84. The fraction of sp³-hybridized carbons (Fsp3) is 0.556. The molecule has 4 rings (SSSR count). The second kappa shape index (κ2) is 6.43. The van der Waals surface area contributed by atoms with Gasteiger partial charge in [0.05, 0.1) is 24.1 Å². The molecule has 5 nitrogen and oxygen atoms in total. The zero-order valence-electron chi connectivity index (χ0n) is 14.2. The van der Waals surface area contributed by atoms with Crippen molar-refractivity contribution in [2.24, 2.45) is 0 Å². The highest BCUT2D eigenvalue weighted by Crippen LogP contribution is 2.36. The highest BCUT2D eigenvalue weighted by atomic mass is 32.1. The number of aryl methyl sites for hydroxylation is 2. The Balaban J connectivity index is 1.33. The molecule has 0 aliphatic carbocycles. The van der Waals surface area contributed by atoms with Crippen molar-refractivity contribution < 1.29 is 9.47 Å². The summed E-state index contributed by atoms with van der Waals surface area (Å²) in [5, 5.41) is 2.17. The number of likely N-dealkylation sites (tertiary alicyclic amines) is 1. The second-order valence-electron chi connectivity index (χ2n) is 6.93. The Kier molecular flexibility index (Phi) is 4.28. The molecule has 2 saturated heterocycles. The minimum atomic E-state index is -0.0364. The van der Waals surface area contributed by atoms with Crippen molar-refractivity contribution in [2.75, 3.05) is 19.7 Å². The van der Waals surface area contributed by atoms with Crippen molar-refractivity contribution in [1.29, 1.82) is 0 Å². The first kappa shape index (κ1) is 16.0. The van der Waals surface area contributed by atoms with Gasteiger partial charge in [0, 0.05) is 43.5 Å². The van der Waals surface area contributed by atoms with Gasteiger partial charge in [-0.25, -0.2) is 4.98 Å². The summed E-state index contributed by atoms with van der Waals surface area (Å²) in [6.45, 7) is 7.89. The molecule has 6 heteroatoms. The third kappa shape index (κ3) is 3.31. The summed E-state index contributed by atoms with van der Waals surface area (Å²) in [4.78, 5) is 12.5. The van der Waals surface area contributed by atoms with Crippen LogP contribution in [0.3, 0.4) is 0 Å². The molecule has 128 valence electrons. The molecule has 2 aliphatic heterocycles. The number of ether oxygens (including phenoxy) is 2. The fourth-order valence-corrected chi connectivity index (χ4v) is 4.57. The molecular weight excluding hydrogens is 322 g/mol. The Morgan fingerprint density at radius 3 is 3.00 bits per heavy atom. The molecule has 2 fully saturated rings. The van der Waals surface area contributed by atoms with Gasteiger partial charge in [0.2, 0.25) is 5.88 Å². The largest absolute Gasteiger partial charge is 0.473 e. The van der Waals surface area contributed by atoms with Gasteiger partial charge in [-0.15, -0.1) is 11.3 Å². The summed E-state index contributed by atoms with van der Waals surface area (Å²) in [5.41, 5.74) is 2.24. The van der Waals surface area contributed by atoms with Gasteiger partial charge in [0.15, 0.2) is 0 Å². The van der Waals surface area contributed by atoms with Crippen LogP contribution in [0, 0.1) is 13.8 Å². The fourth-order valence-electron chi connectivity index (χ4n) is 3.62. The SMILES string of the molecule is Cc1cncc(O[C@H]2CCOC3(C2)CN(Cc2sccc2C)C3)n1. The van der Waals surface area contributed by atoms with Crippen LogP contribution in [0.1, 0.15) is 29.0 Å². The summed E-state index contributed by atoms with van der Waals surface area (Å²) < 4.78 is 12.2. The Morgan fingerprint density at radius 1 is 1.38 bits per heavy atom. The Morgan fingerprint density at radius 2 is 2.25 bits per heavy atom. The van der Waals surface area contributed by atoms with Gasteiger partial charge in [0.1, 0.15) is 6.10 Å². The van der Waals surface area contributed by atoms with Crippen molar-refractivity contribution >= 4 is 11.3 Å². The van der Waals surface area contributed by atoms with Crippen LogP contribution < -0.4 is 4.74 Å². The minimum absolute atomic E-state index is 0.0364. The normalized spacial score (nSPS) is 23.2. The lowest BCUT2D eigenvalue weighted by Gasteiger charge is -2.53. The molecule has 0 saturated carbocycles. The predicted octanol–water partition coefficient (Wildman–Crippen LogP) is 2.97. The summed E-state index contributed by atoms with van der Waals surface area (Å²) in [7, 11) is 0. The van der Waals surface area contributed by atoms with E-state index in [1.54, 1.807) is 12.4 Å². The lowest BCUT2D eigenvalue weighted by Crippen LogP contribution is -2.65. The minimum Gasteiger partial charge on any atom is -0.473 e. The number of aromatic nitrogens is 2. The number of rotatable bonds is 4. The number of nitrogens with zero attached hydrogens (tertiary/aromatic N) is 3. The lowest BCUT2D eigenvalue weighted by atomic mass is 9.84. The zero-order valence-corrected chi connectivity index (χ0v) is 15.0. The van der Waals surface area contributed by atoms with Crippen LogP contribution in [0.5, 0.6) is 5.88 Å². The van der Waals surface area contributed by atoms with Crippen LogP contribution in [0.2, 0.25) is 0 Å². The molecule has 2 aliphatic rings. The predicted molar refractivity (Wildman–Crippen MR) is 93.4 cm³/mol. The highest BCUT2D eigenvalue weighted by Gasteiger charge is 2.48. The van der Waals surface area contributed by atoms with Crippen LogP contribution in [0.4, 0.5) is 0 Å². The van der Waals surface area contributed by atoms with E-state index in [1.165, 1.54) is 10.4 Å². The van der Waals surface area contributed by atoms with Gasteiger partial charge in [0.25, 0.3) is 0 Å². The van der Waals surface area contributed by atoms with Gasteiger partial charge >= 0.3 is 0 Å². The molecule has 2 aromatic heterocycles. The Bertz CT molecular complexity index is 712. The van der Waals surface area contributed by atoms with Crippen LogP contribution >= 0.6 is 11.3 Å². The summed E-state index contributed by atoms with van der Waals surface area (Å²) in [6.07, 6.45) is 5.46. The van der Waals surface area contributed by atoms with Crippen LogP contribution in [-0.2, 0) is 11.3 Å². The first-order valence-corrected chi connectivity index (χ1v) is 9.34. The first-order chi connectivity index (χ1) is 11.6. The van der Waals surface area contributed by atoms with Crippen LogP contribution in [0.25, 0.3) is 0 Å². The van der Waals surface area contributed by atoms with Crippen molar-refractivity contribution in [2.45, 2.75) is 44.9 Å². The third-order valence-corrected chi connectivity index (χ3v) is 5.83.